The number of carbonyl (C=O) groups is 1. The van der Waals surface area contributed by atoms with Gasteiger partial charge < -0.3 is 9.80 Å². The molecule has 1 amide bonds. The summed E-state index contributed by atoms with van der Waals surface area (Å²) in [5, 5.41) is 0. The van der Waals surface area contributed by atoms with Gasteiger partial charge in [0.15, 0.2) is 0 Å². The molecule has 2 aliphatic carbocycles. The van der Waals surface area contributed by atoms with Crippen LogP contribution in [0.15, 0.2) is 48.6 Å². The first-order valence-electron chi connectivity index (χ1n) is 9.11. The minimum Gasteiger partial charge on any atom is -0.327 e. The Bertz CT molecular complexity index is 578. The van der Waals surface area contributed by atoms with E-state index in [1.165, 1.54) is 0 Å². The van der Waals surface area contributed by atoms with Crippen molar-refractivity contribution in [1.82, 2.24) is 14.7 Å². The van der Waals surface area contributed by atoms with Crippen molar-refractivity contribution in [2.24, 2.45) is 11.8 Å². The third kappa shape index (κ3) is 2.58. The zero-order valence-corrected chi connectivity index (χ0v) is 14.6. The molecule has 4 heteroatoms. The summed E-state index contributed by atoms with van der Waals surface area (Å²) in [5.41, 5.74) is 0. The van der Waals surface area contributed by atoms with Gasteiger partial charge in [-0.05, 0) is 14.0 Å². The lowest BCUT2D eigenvalue weighted by Gasteiger charge is -2.39. The fourth-order valence-corrected chi connectivity index (χ4v) is 4.57. The van der Waals surface area contributed by atoms with Gasteiger partial charge in [0, 0.05) is 38.0 Å². The Kier molecular flexibility index (Phi) is 4.19. The average molecular weight is 325 g/mol. The van der Waals surface area contributed by atoms with E-state index in [2.05, 4.69) is 77.3 Å². The number of allylic oxidation sites excluding steroid dienone is 4. The van der Waals surface area contributed by atoms with E-state index in [1.807, 2.05) is 0 Å². The Morgan fingerprint density at radius 1 is 0.875 bits per heavy atom. The predicted molar refractivity (Wildman–Crippen MR) is 96.5 cm³/mol. The number of likely N-dealkylation sites (N-methyl/N-ethyl adjacent to an activating group) is 1. The fraction of sp³-hybridized carbons (Fsp3) is 0.550. The van der Waals surface area contributed by atoms with Crippen LogP contribution in [0.1, 0.15) is 6.92 Å². The number of hydrogen-bond acceptors (Lipinski definition) is 3. The van der Waals surface area contributed by atoms with Crippen LogP contribution in [-0.4, -0.2) is 72.0 Å². The van der Waals surface area contributed by atoms with Crippen molar-refractivity contribution in [1.29, 1.82) is 0 Å². The highest BCUT2D eigenvalue weighted by atomic mass is 16.2. The quantitative estimate of drug-likeness (QED) is 0.773. The molecular formula is C20H27N3O. The molecule has 5 atom stereocenters. The number of amides is 1. The van der Waals surface area contributed by atoms with Gasteiger partial charge >= 0.3 is 0 Å². The Morgan fingerprint density at radius 2 is 1.38 bits per heavy atom. The van der Waals surface area contributed by atoms with Gasteiger partial charge in [0.2, 0.25) is 5.91 Å². The van der Waals surface area contributed by atoms with Crippen LogP contribution in [0.4, 0.5) is 0 Å². The largest absolute Gasteiger partial charge is 0.327 e. The van der Waals surface area contributed by atoms with Crippen LogP contribution in [0.2, 0.25) is 0 Å². The van der Waals surface area contributed by atoms with Crippen molar-refractivity contribution in [3.8, 4) is 0 Å². The molecule has 4 rings (SSSR count). The molecule has 5 unspecified atom stereocenters. The second-order valence-corrected chi connectivity index (χ2v) is 7.44. The number of hydrogen-bond donors (Lipinski definition) is 0. The summed E-state index contributed by atoms with van der Waals surface area (Å²) in [6.07, 6.45) is 17.4. The molecule has 0 spiro atoms. The van der Waals surface area contributed by atoms with Gasteiger partial charge in [-0.3, -0.25) is 9.69 Å². The monoisotopic (exact) mass is 325 g/mol. The molecule has 0 bridgehead atoms. The molecule has 0 radical (unpaired) electrons. The maximum Gasteiger partial charge on any atom is 0.240 e. The molecule has 0 aromatic rings. The molecule has 2 heterocycles. The van der Waals surface area contributed by atoms with Crippen molar-refractivity contribution < 1.29 is 4.79 Å². The Labute approximate surface area is 144 Å². The van der Waals surface area contributed by atoms with E-state index in [0.29, 0.717) is 11.8 Å². The molecule has 24 heavy (non-hydrogen) atoms. The van der Waals surface area contributed by atoms with Crippen LogP contribution in [0.5, 0.6) is 0 Å². The summed E-state index contributed by atoms with van der Waals surface area (Å²) < 4.78 is 0. The summed E-state index contributed by atoms with van der Waals surface area (Å²) in [7, 11) is 2.15. The Morgan fingerprint density at radius 3 is 1.92 bits per heavy atom. The average Bonchev–Trinajstić information content (AvgIpc) is 2.96. The summed E-state index contributed by atoms with van der Waals surface area (Å²) in [5.74, 6) is 1.09. The normalized spacial score (nSPS) is 36.7. The first-order chi connectivity index (χ1) is 11.7. The second-order valence-electron chi connectivity index (χ2n) is 7.44. The van der Waals surface area contributed by atoms with Crippen LogP contribution in [0.3, 0.4) is 0 Å². The van der Waals surface area contributed by atoms with E-state index in [9.17, 15) is 4.79 Å². The number of fused-ring (bicyclic) bond motifs is 3. The SMILES string of the molecule is CC(C(=O)N1C2C=CC=CC2C2C=CC=CC21)N1CCN(C)CC1. The molecule has 0 N–H and O–H groups in total. The lowest BCUT2D eigenvalue weighted by atomic mass is 9.83. The number of carbonyl (C=O) groups excluding carboxylic acids is 1. The van der Waals surface area contributed by atoms with Crippen LogP contribution >= 0.6 is 0 Å². The van der Waals surface area contributed by atoms with Crippen LogP contribution < -0.4 is 0 Å². The van der Waals surface area contributed by atoms with Crippen LogP contribution in [0.25, 0.3) is 0 Å². The number of rotatable bonds is 2. The summed E-state index contributed by atoms with van der Waals surface area (Å²) >= 11 is 0. The van der Waals surface area contributed by atoms with Gasteiger partial charge in [-0.15, -0.1) is 0 Å². The van der Waals surface area contributed by atoms with Crippen LogP contribution in [-0.2, 0) is 4.79 Å². The summed E-state index contributed by atoms with van der Waals surface area (Å²) in [6.45, 7) is 6.12. The Hall–Kier alpha value is -1.65. The van der Waals surface area contributed by atoms with Crippen LogP contribution in [0, 0.1) is 11.8 Å². The zero-order valence-electron chi connectivity index (χ0n) is 14.6. The molecule has 2 fully saturated rings. The molecule has 128 valence electrons. The van der Waals surface area contributed by atoms with E-state index in [1.54, 1.807) is 0 Å². The number of nitrogens with zero attached hydrogens (tertiary/aromatic N) is 3. The Balaban J connectivity index is 1.56. The van der Waals surface area contributed by atoms with E-state index in [-0.39, 0.29) is 24.0 Å². The highest BCUT2D eigenvalue weighted by molar-refractivity contribution is 5.83. The summed E-state index contributed by atoms with van der Waals surface area (Å²) in [6, 6.07) is 0.344. The van der Waals surface area contributed by atoms with Gasteiger partial charge in [-0.25, -0.2) is 0 Å². The first-order valence-corrected chi connectivity index (χ1v) is 9.11. The molecule has 2 saturated heterocycles. The second kappa shape index (κ2) is 6.34. The lowest BCUT2D eigenvalue weighted by Crippen LogP contribution is -2.56. The fourth-order valence-electron chi connectivity index (χ4n) is 4.57. The van der Waals surface area contributed by atoms with Gasteiger partial charge in [-0.2, -0.15) is 0 Å². The highest BCUT2D eigenvalue weighted by Gasteiger charge is 2.48. The minimum absolute atomic E-state index is 0.0447. The predicted octanol–water partition coefficient (Wildman–Crippen LogP) is 1.69. The van der Waals surface area contributed by atoms with E-state index < -0.39 is 0 Å². The molecule has 0 saturated carbocycles. The van der Waals surface area contributed by atoms with Crippen molar-refractivity contribution in [3.63, 3.8) is 0 Å². The third-order valence-electron chi connectivity index (χ3n) is 6.08. The van der Waals surface area contributed by atoms with Gasteiger partial charge in [0.1, 0.15) is 0 Å². The highest BCUT2D eigenvalue weighted by Crippen LogP contribution is 2.42. The lowest BCUT2D eigenvalue weighted by molar-refractivity contribution is -0.138. The maximum absolute atomic E-state index is 13.4. The number of likely N-dealkylation sites (tertiary alicyclic amines) is 1. The molecule has 2 aliphatic heterocycles. The van der Waals surface area contributed by atoms with Crippen molar-refractivity contribution >= 4 is 5.91 Å². The van der Waals surface area contributed by atoms with Crippen molar-refractivity contribution in [2.75, 3.05) is 33.2 Å². The molecule has 4 aliphatic rings. The molecular weight excluding hydrogens is 298 g/mol. The van der Waals surface area contributed by atoms with E-state index >= 15 is 0 Å². The van der Waals surface area contributed by atoms with Gasteiger partial charge in [0.05, 0.1) is 18.1 Å². The molecule has 0 aromatic carbocycles. The first kappa shape index (κ1) is 15.9. The van der Waals surface area contributed by atoms with Gasteiger partial charge in [0.25, 0.3) is 0 Å². The van der Waals surface area contributed by atoms with Crippen molar-refractivity contribution in [2.45, 2.75) is 25.0 Å². The van der Waals surface area contributed by atoms with Crippen molar-refractivity contribution in [3.05, 3.63) is 48.6 Å². The third-order valence-corrected chi connectivity index (χ3v) is 6.08. The maximum atomic E-state index is 13.4. The zero-order chi connectivity index (χ0) is 16.7. The standard InChI is InChI=1S/C20H27N3O/c1-15(22-13-11-21(2)12-14-22)20(24)23-18-9-5-3-7-16(18)17-8-4-6-10-19(17)23/h3-10,15-19H,11-14H2,1-2H3. The van der Waals surface area contributed by atoms with Gasteiger partial charge in [-0.1, -0.05) is 48.6 Å². The molecule has 4 nitrogen and oxygen atoms in total. The van der Waals surface area contributed by atoms with E-state index in [0.717, 1.165) is 26.2 Å². The molecule has 0 aromatic heterocycles. The number of piperazine rings is 1. The topological polar surface area (TPSA) is 26.8 Å². The van der Waals surface area contributed by atoms with E-state index in [4.69, 9.17) is 0 Å². The summed E-state index contributed by atoms with van der Waals surface area (Å²) in [4.78, 5) is 20.2. The smallest absolute Gasteiger partial charge is 0.240 e. The minimum atomic E-state index is -0.0447.